The van der Waals surface area contributed by atoms with Gasteiger partial charge in [-0.15, -0.1) is 0 Å². The zero-order chi connectivity index (χ0) is 12.6. The Morgan fingerprint density at radius 2 is 1.69 bits per heavy atom. The molecule has 0 saturated carbocycles. The van der Waals surface area contributed by atoms with Gasteiger partial charge in [0.05, 0.1) is 0 Å². The molecule has 0 bridgehead atoms. The van der Waals surface area contributed by atoms with Crippen LogP contribution in [-0.2, 0) is 13.1 Å². The Balaban J connectivity index is 0.000000385. The second-order valence-corrected chi connectivity index (χ2v) is 6.19. The third-order valence-corrected chi connectivity index (χ3v) is 1.26. The van der Waals surface area contributed by atoms with Gasteiger partial charge in [0.25, 0.3) is 0 Å². The van der Waals surface area contributed by atoms with E-state index in [2.05, 4.69) is 21.4 Å². The highest BCUT2D eigenvalue weighted by Crippen LogP contribution is 2.08. The smallest absolute Gasteiger partial charge is 0.317 e. The summed E-state index contributed by atoms with van der Waals surface area (Å²) in [5.74, 6) is 0.413. The minimum atomic E-state index is -3.72. The van der Waals surface area contributed by atoms with Crippen molar-refractivity contribution in [2.75, 3.05) is 0 Å². The Labute approximate surface area is 103 Å². The molecule has 0 fully saturated rings. The molecule has 0 aliphatic rings. The normalized spacial score (nSPS) is 9.94. The van der Waals surface area contributed by atoms with Gasteiger partial charge in [-0.1, -0.05) is 25.1 Å². The summed E-state index contributed by atoms with van der Waals surface area (Å²) < 4.78 is 23.3. The highest BCUT2D eigenvalue weighted by molar-refractivity contribution is 8.31. The van der Waals surface area contributed by atoms with Crippen molar-refractivity contribution < 1.29 is 17.9 Å². The first-order valence-electron chi connectivity index (χ1n) is 4.23. The molecule has 7 heteroatoms. The lowest BCUT2D eigenvalue weighted by atomic mass is 10.3. The maximum Gasteiger partial charge on any atom is 0.317 e. The van der Waals surface area contributed by atoms with Gasteiger partial charge < -0.3 is 4.74 Å². The zero-order valence-corrected chi connectivity index (χ0v) is 10.7. The molecule has 0 aliphatic heterocycles. The van der Waals surface area contributed by atoms with Gasteiger partial charge in [0.1, 0.15) is 5.75 Å². The molecule has 0 heterocycles. The van der Waals surface area contributed by atoms with Gasteiger partial charge in [0.15, 0.2) is 0 Å². The van der Waals surface area contributed by atoms with E-state index in [1.54, 1.807) is 19.1 Å². The van der Waals surface area contributed by atoms with E-state index < -0.39 is 8.26 Å². The number of halogens is 2. The van der Waals surface area contributed by atoms with Gasteiger partial charge in [-0.2, -0.15) is 8.42 Å². The SMILES string of the molecule is CCC(=O)Oc1ccccc1.O=S(=O)(Cl)Cl. The lowest BCUT2D eigenvalue weighted by Gasteiger charge is -1.99. The van der Waals surface area contributed by atoms with Crippen LogP contribution < -0.4 is 4.74 Å². The summed E-state index contributed by atoms with van der Waals surface area (Å²) in [6.07, 6.45) is 0.412. The van der Waals surface area contributed by atoms with E-state index in [1.807, 2.05) is 18.2 Å². The molecule has 0 aromatic heterocycles. The van der Waals surface area contributed by atoms with Gasteiger partial charge >= 0.3 is 14.2 Å². The number of ether oxygens (including phenoxy) is 1. The van der Waals surface area contributed by atoms with Crippen LogP contribution in [0.1, 0.15) is 13.3 Å². The number of benzene rings is 1. The van der Waals surface area contributed by atoms with Crippen LogP contribution in [0.15, 0.2) is 30.3 Å². The van der Waals surface area contributed by atoms with Gasteiger partial charge in [0, 0.05) is 27.8 Å². The molecule has 16 heavy (non-hydrogen) atoms. The standard InChI is InChI=1S/C9H10O2.Cl2O2S/c1-2-9(10)11-8-6-4-3-5-7-8;1-5(2,3)4/h3-7H,2H2,1H3;. The van der Waals surface area contributed by atoms with Crippen molar-refractivity contribution in [1.82, 2.24) is 0 Å². The molecule has 0 spiro atoms. The van der Waals surface area contributed by atoms with E-state index in [0.29, 0.717) is 12.2 Å². The van der Waals surface area contributed by atoms with Crippen molar-refractivity contribution in [1.29, 1.82) is 0 Å². The minimum absolute atomic E-state index is 0.198. The average molecular weight is 285 g/mol. The fourth-order valence-electron chi connectivity index (χ4n) is 0.692. The summed E-state index contributed by atoms with van der Waals surface area (Å²) in [6.45, 7) is 1.77. The molecule has 0 amide bonds. The number of hydrogen-bond acceptors (Lipinski definition) is 4. The monoisotopic (exact) mass is 284 g/mol. The molecule has 0 aliphatic carbocycles. The summed E-state index contributed by atoms with van der Waals surface area (Å²) in [4.78, 5) is 10.8. The van der Waals surface area contributed by atoms with E-state index in [9.17, 15) is 4.79 Å². The van der Waals surface area contributed by atoms with Crippen LogP contribution in [-0.4, -0.2) is 14.4 Å². The molecule has 0 N–H and O–H groups in total. The Hall–Kier alpha value is -0.780. The van der Waals surface area contributed by atoms with E-state index in [1.165, 1.54) is 0 Å². The number of carbonyl (C=O) groups excluding carboxylic acids is 1. The maximum absolute atomic E-state index is 10.8. The van der Waals surface area contributed by atoms with E-state index in [0.717, 1.165) is 0 Å². The Morgan fingerprint density at radius 1 is 1.25 bits per heavy atom. The van der Waals surface area contributed by atoms with E-state index in [4.69, 9.17) is 13.2 Å². The first kappa shape index (κ1) is 15.2. The van der Waals surface area contributed by atoms with Crippen LogP contribution in [0.3, 0.4) is 0 Å². The predicted molar refractivity (Wildman–Crippen MR) is 63.0 cm³/mol. The molecule has 0 atom stereocenters. The van der Waals surface area contributed by atoms with E-state index in [-0.39, 0.29) is 5.97 Å². The summed E-state index contributed by atoms with van der Waals surface area (Å²) >= 11 is 0. The number of hydrogen-bond donors (Lipinski definition) is 0. The number of esters is 1. The van der Waals surface area contributed by atoms with Crippen LogP contribution in [0.5, 0.6) is 5.75 Å². The number of rotatable bonds is 2. The number of carbonyl (C=O) groups is 1. The molecule has 1 aromatic carbocycles. The zero-order valence-electron chi connectivity index (χ0n) is 8.39. The minimum Gasteiger partial charge on any atom is -0.427 e. The van der Waals surface area contributed by atoms with Gasteiger partial charge in [-0.3, -0.25) is 4.79 Å². The number of para-hydroxylation sites is 1. The van der Waals surface area contributed by atoms with Crippen molar-refractivity contribution in [2.45, 2.75) is 13.3 Å². The topological polar surface area (TPSA) is 60.4 Å². The summed E-state index contributed by atoms with van der Waals surface area (Å²) in [6, 6.07) is 9.06. The molecule has 90 valence electrons. The fraction of sp³-hybridized carbons (Fsp3) is 0.222. The molecular weight excluding hydrogens is 275 g/mol. The largest absolute Gasteiger partial charge is 0.427 e. The molecular formula is C9H10Cl2O4S. The van der Waals surface area contributed by atoms with Crippen molar-refractivity contribution >= 4 is 35.6 Å². The second kappa shape index (κ2) is 7.49. The predicted octanol–water partition coefficient (Wildman–Crippen LogP) is 2.71. The van der Waals surface area contributed by atoms with Crippen molar-refractivity contribution in [3.8, 4) is 5.75 Å². The summed E-state index contributed by atoms with van der Waals surface area (Å²) in [5, 5.41) is 0. The van der Waals surface area contributed by atoms with Crippen LogP contribution in [0, 0.1) is 0 Å². The van der Waals surface area contributed by atoms with Crippen LogP contribution >= 0.6 is 21.4 Å². The average Bonchev–Trinajstić information content (AvgIpc) is 2.16. The first-order valence-corrected chi connectivity index (χ1v) is 7.36. The highest BCUT2D eigenvalue weighted by atomic mass is 36.0. The lowest BCUT2D eigenvalue weighted by molar-refractivity contribution is -0.134. The molecule has 0 unspecified atom stereocenters. The molecule has 1 aromatic rings. The van der Waals surface area contributed by atoms with Crippen LogP contribution in [0.4, 0.5) is 0 Å². The van der Waals surface area contributed by atoms with Crippen LogP contribution in [0.25, 0.3) is 0 Å². The van der Waals surface area contributed by atoms with Crippen molar-refractivity contribution in [3.05, 3.63) is 30.3 Å². The molecule has 4 nitrogen and oxygen atoms in total. The Kier molecular flexibility index (Phi) is 7.12. The van der Waals surface area contributed by atoms with Crippen LogP contribution in [0.2, 0.25) is 0 Å². The maximum atomic E-state index is 10.8. The van der Waals surface area contributed by atoms with Crippen molar-refractivity contribution in [3.63, 3.8) is 0 Å². The Morgan fingerprint density at radius 3 is 2.06 bits per heavy atom. The molecule has 1 rings (SSSR count). The fourth-order valence-corrected chi connectivity index (χ4v) is 0.692. The highest BCUT2D eigenvalue weighted by Gasteiger charge is 1.98. The van der Waals surface area contributed by atoms with Crippen molar-refractivity contribution in [2.24, 2.45) is 0 Å². The van der Waals surface area contributed by atoms with Gasteiger partial charge in [0.2, 0.25) is 0 Å². The third kappa shape index (κ3) is 11.3. The van der Waals surface area contributed by atoms with Gasteiger partial charge in [-0.25, -0.2) is 0 Å². The summed E-state index contributed by atoms with van der Waals surface area (Å²) in [5.41, 5.74) is 0. The quantitative estimate of drug-likeness (QED) is 0.476. The van der Waals surface area contributed by atoms with Gasteiger partial charge in [-0.05, 0) is 12.1 Å². The molecule has 0 radical (unpaired) electrons. The first-order chi connectivity index (χ1) is 7.33. The Bertz CT molecular complexity index is 408. The second-order valence-electron chi connectivity index (χ2n) is 2.52. The molecule has 0 saturated heterocycles. The third-order valence-electron chi connectivity index (χ3n) is 1.26. The van der Waals surface area contributed by atoms with E-state index >= 15 is 0 Å². The lowest BCUT2D eigenvalue weighted by Crippen LogP contribution is -2.04. The summed E-state index contributed by atoms with van der Waals surface area (Å²) in [7, 11) is 4.81.